The van der Waals surface area contributed by atoms with Crippen molar-refractivity contribution in [3.63, 3.8) is 0 Å². The quantitative estimate of drug-likeness (QED) is 0.375. The molecule has 10 nitrogen and oxygen atoms in total. The average Bonchev–Trinajstić information content (AvgIpc) is 2.86. The van der Waals surface area contributed by atoms with Crippen LogP contribution in [0.25, 0.3) is 0 Å². The molecule has 3 heterocycles. The largest absolute Gasteiger partial charge is 0.481 e. The van der Waals surface area contributed by atoms with E-state index in [0.717, 1.165) is 25.2 Å². The summed E-state index contributed by atoms with van der Waals surface area (Å²) in [6.45, 7) is 2.34. The van der Waals surface area contributed by atoms with E-state index in [-0.39, 0.29) is 6.42 Å². The summed E-state index contributed by atoms with van der Waals surface area (Å²) in [4.78, 5) is 35.4. The predicted octanol–water partition coefficient (Wildman–Crippen LogP) is 1.87. The molecule has 0 saturated heterocycles. The fraction of sp³-hybridized carbons (Fsp3) is 0.500. The molecule has 1 aliphatic rings. The number of aliphatic hydroxyl groups excluding tert-OH is 1. The Bertz CT molecular complexity index is 955. The van der Waals surface area contributed by atoms with Gasteiger partial charge in [-0.3, -0.25) is 9.59 Å². The van der Waals surface area contributed by atoms with Crippen molar-refractivity contribution in [2.45, 2.75) is 37.8 Å². The molecule has 0 aliphatic carbocycles. The lowest BCUT2D eigenvalue weighted by atomic mass is 10.0. The lowest BCUT2D eigenvalue weighted by Crippen LogP contribution is -2.36. The number of likely N-dealkylation sites (N-methyl/N-ethyl adjacent to an activating group) is 1. The highest BCUT2D eigenvalue weighted by molar-refractivity contribution is 5.68. The lowest BCUT2D eigenvalue weighted by molar-refractivity contribution is -0.139. The highest BCUT2D eigenvalue weighted by Gasteiger charge is 2.23. The van der Waals surface area contributed by atoms with E-state index in [0.29, 0.717) is 49.6 Å². The Kier molecular flexibility index (Phi) is 9.17. The van der Waals surface area contributed by atoms with Gasteiger partial charge in [-0.1, -0.05) is 12.1 Å². The maximum absolute atomic E-state index is 11.8. The highest BCUT2D eigenvalue weighted by Crippen LogP contribution is 2.25. The van der Waals surface area contributed by atoms with Crippen LogP contribution >= 0.6 is 0 Å². The molecule has 1 amide bonds. The number of aromatic nitrogens is 2. The number of carboxylic acids is 1. The number of aliphatic hydroxyl groups is 1. The van der Waals surface area contributed by atoms with Crippen LogP contribution in [0.3, 0.4) is 0 Å². The number of nitrogens with zero attached hydrogens (tertiary/aromatic N) is 4. The third-order valence-corrected chi connectivity index (χ3v) is 6.04. The number of aryl methyl sites for hydroxylation is 1. The molecule has 1 aliphatic heterocycles. The van der Waals surface area contributed by atoms with E-state index >= 15 is 0 Å². The number of rotatable bonds is 13. The maximum atomic E-state index is 11.8. The first-order valence-corrected chi connectivity index (χ1v) is 11.4. The summed E-state index contributed by atoms with van der Waals surface area (Å²) in [7, 11) is 3.40. The molecule has 0 spiro atoms. The number of pyridine rings is 2. The molecule has 2 aromatic heterocycles. The van der Waals surface area contributed by atoms with Crippen molar-refractivity contribution in [1.82, 2.24) is 19.8 Å². The van der Waals surface area contributed by atoms with Crippen LogP contribution in [0.1, 0.15) is 48.2 Å². The number of carbonyl (C=O) groups is 2. The first kappa shape index (κ1) is 25.4. The van der Waals surface area contributed by atoms with Gasteiger partial charge in [0.1, 0.15) is 5.82 Å². The fourth-order valence-electron chi connectivity index (χ4n) is 4.00. The first-order valence-electron chi connectivity index (χ1n) is 11.4. The number of carboxylic acid groups (broad SMARTS) is 1. The van der Waals surface area contributed by atoms with Gasteiger partial charge in [0.05, 0.1) is 31.4 Å². The number of nitrogens with one attached hydrogen (secondary N) is 1. The van der Waals surface area contributed by atoms with E-state index in [2.05, 4.69) is 15.3 Å². The van der Waals surface area contributed by atoms with Gasteiger partial charge in [-0.15, -0.1) is 0 Å². The number of hydrogen-bond acceptors (Lipinski definition) is 8. The maximum Gasteiger partial charge on any atom is 0.305 e. The number of carbonyl (C=O) groups excluding carboxylic acids is 1. The number of fused-ring (bicyclic) bond motifs is 1. The topological polar surface area (TPSA) is 128 Å². The smallest absolute Gasteiger partial charge is 0.305 e. The molecule has 2 atom stereocenters. The molecule has 184 valence electrons. The lowest BCUT2D eigenvalue weighted by Gasteiger charge is -2.29. The second-order valence-corrected chi connectivity index (χ2v) is 8.47. The summed E-state index contributed by atoms with van der Waals surface area (Å²) in [5.41, 5.74) is 2.45. The molecule has 0 fully saturated rings. The Balaban J connectivity index is 1.54. The van der Waals surface area contributed by atoms with E-state index in [1.807, 2.05) is 24.1 Å². The zero-order valence-corrected chi connectivity index (χ0v) is 19.7. The Morgan fingerprint density at radius 3 is 2.76 bits per heavy atom. The summed E-state index contributed by atoms with van der Waals surface area (Å²) in [6, 6.07) is 6.63. The summed E-state index contributed by atoms with van der Waals surface area (Å²) in [5, 5.41) is 23.2. The van der Waals surface area contributed by atoms with Crippen LogP contribution in [-0.2, 0) is 16.0 Å². The van der Waals surface area contributed by atoms with Gasteiger partial charge in [0.2, 0.25) is 12.3 Å². The van der Waals surface area contributed by atoms with Crippen LogP contribution < -0.4 is 10.1 Å². The molecule has 2 aromatic rings. The first-order chi connectivity index (χ1) is 16.4. The number of amides is 1. The van der Waals surface area contributed by atoms with Gasteiger partial charge in [0.15, 0.2) is 0 Å². The van der Waals surface area contributed by atoms with E-state index in [9.17, 15) is 19.8 Å². The number of anilines is 1. The molecule has 2 unspecified atom stereocenters. The van der Waals surface area contributed by atoms with Crippen molar-refractivity contribution in [2.75, 3.05) is 45.7 Å². The van der Waals surface area contributed by atoms with Gasteiger partial charge in [-0.05, 0) is 43.5 Å². The van der Waals surface area contributed by atoms with Crippen LogP contribution in [0.5, 0.6) is 5.88 Å². The monoisotopic (exact) mass is 471 g/mol. The van der Waals surface area contributed by atoms with Crippen molar-refractivity contribution in [2.24, 2.45) is 0 Å². The van der Waals surface area contributed by atoms with E-state index < -0.39 is 18.1 Å². The molecule has 3 N–H and O–H groups in total. The van der Waals surface area contributed by atoms with Crippen LogP contribution in [0.15, 0.2) is 30.5 Å². The van der Waals surface area contributed by atoms with Gasteiger partial charge in [0, 0.05) is 38.4 Å². The minimum absolute atomic E-state index is 0.229. The van der Waals surface area contributed by atoms with Gasteiger partial charge >= 0.3 is 5.97 Å². The zero-order chi connectivity index (χ0) is 24.5. The Morgan fingerprint density at radius 1 is 1.26 bits per heavy atom. The fourth-order valence-corrected chi connectivity index (χ4v) is 4.00. The number of hydrogen-bond donors (Lipinski definition) is 3. The van der Waals surface area contributed by atoms with Crippen molar-refractivity contribution in [1.29, 1.82) is 0 Å². The van der Waals surface area contributed by atoms with E-state index in [1.165, 1.54) is 23.8 Å². The molecule has 0 radical (unpaired) electrons. The summed E-state index contributed by atoms with van der Waals surface area (Å²) in [6.07, 6.45) is 3.85. The molecule has 10 heteroatoms. The van der Waals surface area contributed by atoms with Crippen LogP contribution in [0, 0.1) is 0 Å². The van der Waals surface area contributed by atoms with Crippen molar-refractivity contribution >= 4 is 18.2 Å². The summed E-state index contributed by atoms with van der Waals surface area (Å²) < 4.78 is 5.06. The predicted molar refractivity (Wildman–Crippen MR) is 127 cm³/mol. The van der Waals surface area contributed by atoms with Gasteiger partial charge < -0.3 is 30.1 Å². The molecule has 0 bridgehead atoms. The highest BCUT2D eigenvalue weighted by atomic mass is 16.5. The average molecular weight is 472 g/mol. The van der Waals surface area contributed by atoms with E-state index in [4.69, 9.17) is 4.74 Å². The Morgan fingerprint density at radius 2 is 2.09 bits per heavy atom. The van der Waals surface area contributed by atoms with E-state index in [1.54, 1.807) is 12.1 Å². The van der Waals surface area contributed by atoms with Crippen molar-refractivity contribution < 1.29 is 24.5 Å². The van der Waals surface area contributed by atoms with Crippen LogP contribution in [0.4, 0.5) is 5.82 Å². The SMILES string of the molecule is COc1ccc(C(CC(=O)O)N(C=O)CCN(C)CCC(O)c2ccc3c(n2)NCCC3)cn1. The second-order valence-electron chi connectivity index (χ2n) is 8.47. The summed E-state index contributed by atoms with van der Waals surface area (Å²) >= 11 is 0. The normalized spacial score (nSPS) is 14.6. The number of methoxy groups -OCH3 is 1. The standard InChI is InChI=1S/C24H33N5O5/c1-28(11-9-21(31)19-7-5-17-4-3-10-25-24(17)27-19)12-13-29(16-30)20(14-23(32)33)18-6-8-22(34-2)26-15-18/h5-8,15-16,20-21,31H,3-4,9-14H2,1-2H3,(H,25,27)(H,32,33). The third-order valence-electron chi connectivity index (χ3n) is 6.04. The van der Waals surface area contributed by atoms with Gasteiger partial charge in [-0.25, -0.2) is 9.97 Å². The van der Waals surface area contributed by atoms with Crippen molar-refractivity contribution in [3.05, 3.63) is 47.3 Å². The third kappa shape index (κ3) is 6.88. The zero-order valence-electron chi connectivity index (χ0n) is 19.7. The summed E-state index contributed by atoms with van der Waals surface area (Å²) in [5.74, 6) is 0.268. The van der Waals surface area contributed by atoms with Gasteiger partial charge in [0.25, 0.3) is 0 Å². The second kappa shape index (κ2) is 12.3. The number of aliphatic carboxylic acids is 1. The Labute approximate surface area is 199 Å². The van der Waals surface area contributed by atoms with Gasteiger partial charge in [-0.2, -0.15) is 0 Å². The molecular formula is C24H33N5O5. The number of ether oxygens (including phenoxy) is 1. The Hall–Kier alpha value is -3.24. The molecular weight excluding hydrogens is 438 g/mol. The molecule has 0 saturated carbocycles. The minimum Gasteiger partial charge on any atom is -0.481 e. The van der Waals surface area contributed by atoms with Crippen LogP contribution in [-0.4, -0.2) is 82.7 Å². The molecule has 0 aromatic carbocycles. The molecule has 3 rings (SSSR count). The molecule has 34 heavy (non-hydrogen) atoms. The van der Waals surface area contributed by atoms with Crippen molar-refractivity contribution in [3.8, 4) is 5.88 Å². The minimum atomic E-state index is -1.00. The van der Waals surface area contributed by atoms with Crippen LogP contribution in [0.2, 0.25) is 0 Å².